The second-order valence-electron chi connectivity index (χ2n) is 9.38. The molecule has 2 aromatic carbocycles. The maximum absolute atomic E-state index is 12.7. The van der Waals surface area contributed by atoms with E-state index in [9.17, 15) is 24.0 Å². The lowest BCUT2D eigenvalue weighted by molar-refractivity contribution is -0.152. The van der Waals surface area contributed by atoms with Crippen LogP contribution in [0.2, 0.25) is 0 Å². The maximum atomic E-state index is 12.7. The highest BCUT2D eigenvalue weighted by Gasteiger charge is 2.61. The quantitative estimate of drug-likeness (QED) is 0.240. The maximum Gasteiger partial charge on any atom is 0.343 e. The van der Waals surface area contributed by atoms with E-state index in [4.69, 9.17) is 14.2 Å². The Bertz CT molecular complexity index is 1210. The predicted octanol–water partition coefficient (Wildman–Crippen LogP) is 2.67. The second-order valence-corrected chi connectivity index (χ2v) is 9.38. The lowest BCUT2D eigenvalue weighted by Gasteiger charge is -2.19. The number of ketones is 1. The molecule has 1 aliphatic heterocycles. The van der Waals surface area contributed by atoms with Gasteiger partial charge in [0.25, 0.3) is 0 Å². The molecule has 1 saturated heterocycles. The highest BCUT2D eigenvalue weighted by Crippen LogP contribution is 2.56. The zero-order valence-corrected chi connectivity index (χ0v) is 19.7. The third-order valence-corrected chi connectivity index (χ3v) is 7.36. The third-order valence-electron chi connectivity index (χ3n) is 7.36. The molecule has 36 heavy (non-hydrogen) atoms. The molecule has 2 aromatic rings. The summed E-state index contributed by atoms with van der Waals surface area (Å²) in [4.78, 5) is 63.5. The van der Waals surface area contributed by atoms with Crippen LogP contribution < -0.4 is 9.47 Å². The summed E-state index contributed by atoms with van der Waals surface area (Å²) in [6, 6.07) is 12.3. The van der Waals surface area contributed by atoms with Crippen molar-refractivity contribution in [1.82, 2.24) is 4.90 Å². The van der Waals surface area contributed by atoms with Crippen molar-refractivity contribution in [2.24, 2.45) is 23.7 Å². The number of Topliss-reactive ketones (excluding diaryl/α,β-unsaturated/α-hetero) is 1. The van der Waals surface area contributed by atoms with Gasteiger partial charge in [0.2, 0.25) is 11.8 Å². The number of amides is 2. The molecule has 2 aliphatic carbocycles. The minimum atomic E-state index is -0.804. The topological polar surface area (TPSA) is 116 Å². The summed E-state index contributed by atoms with van der Waals surface area (Å²) in [7, 11) is 1.50. The number of nitrogens with zero attached hydrogens (tertiary/aromatic N) is 1. The first kappa shape index (κ1) is 23.7. The molecule has 2 amide bonds. The Morgan fingerprint density at radius 3 is 2.19 bits per heavy atom. The van der Waals surface area contributed by atoms with Crippen molar-refractivity contribution in [2.75, 3.05) is 20.3 Å². The summed E-state index contributed by atoms with van der Waals surface area (Å²) >= 11 is 0. The summed E-state index contributed by atoms with van der Waals surface area (Å²) in [6.45, 7) is -1.01. The van der Waals surface area contributed by atoms with Crippen molar-refractivity contribution in [2.45, 2.75) is 19.3 Å². The molecule has 2 bridgehead atoms. The molecule has 186 valence electrons. The first-order valence-corrected chi connectivity index (χ1v) is 11.9. The van der Waals surface area contributed by atoms with E-state index in [2.05, 4.69) is 0 Å². The summed E-state index contributed by atoms with van der Waals surface area (Å²) in [5.74, 6) is -1.82. The van der Waals surface area contributed by atoms with Crippen LogP contribution in [-0.2, 0) is 19.1 Å². The van der Waals surface area contributed by atoms with Crippen LogP contribution in [0.15, 0.2) is 48.5 Å². The van der Waals surface area contributed by atoms with Crippen LogP contribution in [0.5, 0.6) is 11.5 Å². The van der Waals surface area contributed by atoms with Gasteiger partial charge in [0, 0.05) is 5.56 Å². The van der Waals surface area contributed by atoms with Gasteiger partial charge in [-0.15, -0.1) is 0 Å². The fraction of sp³-hybridized carbons (Fsp3) is 0.370. The molecule has 9 nitrogen and oxygen atoms in total. The number of methoxy groups -OCH3 is 1. The Balaban J connectivity index is 1.12. The number of carbonyl (C=O) groups excluding carboxylic acids is 5. The van der Waals surface area contributed by atoms with Crippen molar-refractivity contribution in [3.8, 4) is 11.5 Å². The van der Waals surface area contributed by atoms with Gasteiger partial charge in [-0.2, -0.15) is 0 Å². The van der Waals surface area contributed by atoms with E-state index in [1.807, 2.05) is 0 Å². The van der Waals surface area contributed by atoms with E-state index >= 15 is 0 Å². The lowest BCUT2D eigenvalue weighted by Crippen LogP contribution is -2.38. The highest BCUT2D eigenvalue weighted by atomic mass is 16.5. The molecule has 9 heteroatoms. The first-order chi connectivity index (χ1) is 17.4. The Morgan fingerprint density at radius 2 is 1.56 bits per heavy atom. The Labute approximate surface area is 207 Å². The van der Waals surface area contributed by atoms with E-state index in [0.717, 1.165) is 24.2 Å². The minimum Gasteiger partial charge on any atom is -0.497 e. The van der Waals surface area contributed by atoms with E-state index in [0.29, 0.717) is 11.3 Å². The molecule has 4 unspecified atom stereocenters. The number of hydrogen-bond donors (Lipinski definition) is 0. The molecule has 0 N–H and O–H groups in total. The van der Waals surface area contributed by atoms with Crippen LogP contribution in [0.3, 0.4) is 0 Å². The van der Waals surface area contributed by atoms with E-state index in [-0.39, 0.29) is 46.8 Å². The van der Waals surface area contributed by atoms with E-state index < -0.39 is 30.9 Å². The van der Waals surface area contributed by atoms with Crippen molar-refractivity contribution in [3.05, 3.63) is 59.7 Å². The Kier molecular flexibility index (Phi) is 6.30. The van der Waals surface area contributed by atoms with E-state index in [1.165, 1.54) is 31.4 Å². The normalized spacial score (nSPS) is 24.0. The van der Waals surface area contributed by atoms with Gasteiger partial charge in [-0.1, -0.05) is 6.07 Å². The average molecular weight is 491 g/mol. The molecular formula is C27H25NO8. The lowest BCUT2D eigenvalue weighted by atomic mass is 9.81. The number of benzene rings is 2. The second kappa shape index (κ2) is 9.56. The number of imide groups is 1. The van der Waals surface area contributed by atoms with E-state index in [1.54, 1.807) is 24.3 Å². The standard InChI is InChI=1S/C27H25NO8/c1-34-20-4-2-3-18(12-20)27(33)36-19-9-7-15(8-10-19)21(29)14-35-22(30)13-28-25(31)23-16-5-6-17(11-16)24(23)26(28)32/h2-4,7-10,12,16-17,23-24H,5-6,11,13-14H2,1H3. The number of hydrogen-bond acceptors (Lipinski definition) is 8. The molecule has 4 atom stereocenters. The fourth-order valence-electron chi connectivity index (χ4n) is 5.66. The monoisotopic (exact) mass is 491 g/mol. The van der Waals surface area contributed by atoms with Crippen LogP contribution in [-0.4, -0.2) is 54.7 Å². The van der Waals surface area contributed by atoms with Crippen molar-refractivity contribution in [3.63, 3.8) is 0 Å². The summed E-state index contributed by atoms with van der Waals surface area (Å²) in [5, 5.41) is 0. The number of carbonyl (C=O) groups is 5. The van der Waals surface area contributed by atoms with Gasteiger partial charge in [0.1, 0.15) is 18.0 Å². The average Bonchev–Trinajstić information content (AvgIpc) is 3.58. The van der Waals surface area contributed by atoms with Gasteiger partial charge in [-0.3, -0.25) is 24.1 Å². The van der Waals surface area contributed by atoms with Crippen LogP contribution in [0.1, 0.15) is 40.0 Å². The summed E-state index contributed by atoms with van der Waals surface area (Å²) in [6.07, 6.45) is 2.83. The van der Waals surface area contributed by atoms with Gasteiger partial charge >= 0.3 is 11.9 Å². The van der Waals surface area contributed by atoms with Crippen molar-refractivity contribution < 1.29 is 38.2 Å². The fourth-order valence-corrected chi connectivity index (χ4v) is 5.66. The minimum absolute atomic E-state index is 0.233. The molecule has 3 aliphatic rings. The Morgan fingerprint density at radius 1 is 0.889 bits per heavy atom. The van der Waals surface area contributed by atoms with Gasteiger partial charge < -0.3 is 14.2 Å². The number of likely N-dealkylation sites (tertiary alicyclic amines) is 1. The molecule has 0 aromatic heterocycles. The van der Waals surface area contributed by atoms with Crippen LogP contribution in [0, 0.1) is 23.7 Å². The van der Waals surface area contributed by atoms with Crippen molar-refractivity contribution >= 4 is 29.5 Å². The molecule has 5 rings (SSSR count). The number of fused-ring (bicyclic) bond motifs is 5. The van der Waals surface area contributed by atoms with Gasteiger partial charge in [-0.05, 0) is 73.6 Å². The predicted molar refractivity (Wildman–Crippen MR) is 124 cm³/mol. The van der Waals surface area contributed by atoms with Crippen molar-refractivity contribution in [1.29, 1.82) is 0 Å². The first-order valence-electron chi connectivity index (χ1n) is 11.9. The van der Waals surface area contributed by atoms with Crippen LogP contribution in [0.25, 0.3) is 0 Å². The largest absolute Gasteiger partial charge is 0.497 e. The molecule has 0 spiro atoms. The molecule has 2 saturated carbocycles. The molecular weight excluding hydrogens is 466 g/mol. The van der Waals surface area contributed by atoms with Crippen LogP contribution >= 0.6 is 0 Å². The molecule has 3 fully saturated rings. The molecule has 0 radical (unpaired) electrons. The van der Waals surface area contributed by atoms with Crippen LogP contribution in [0.4, 0.5) is 0 Å². The zero-order chi connectivity index (χ0) is 25.4. The number of rotatable bonds is 8. The number of esters is 2. The molecule has 1 heterocycles. The highest BCUT2D eigenvalue weighted by molar-refractivity contribution is 6.08. The third kappa shape index (κ3) is 4.36. The smallest absolute Gasteiger partial charge is 0.343 e. The van der Waals surface area contributed by atoms with Gasteiger partial charge in [0.15, 0.2) is 12.4 Å². The van der Waals surface area contributed by atoms with Gasteiger partial charge in [-0.25, -0.2) is 4.79 Å². The summed E-state index contributed by atoms with van der Waals surface area (Å²) < 4.78 is 15.5. The number of ether oxygens (including phenoxy) is 3. The Hall–Kier alpha value is -4.01. The SMILES string of the molecule is COc1cccc(C(=O)Oc2ccc(C(=O)COC(=O)CN3C(=O)C4C5CCC(C5)C4C3=O)cc2)c1. The summed E-state index contributed by atoms with van der Waals surface area (Å²) in [5.41, 5.74) is 0.566. The van der Waals surface area contributed by atoms with Gasteiger partial charge in [0.05, 0.1) is 24.5 Å². The zero-order valence-electron chi connectivity index (χ0n) is 19.7.